The summed E-state index contributed by atoms with van der Waals surface area (Å²) in [6.45, 7) is 7.30. The van der Waals surface area contributed by atoms with E-state index in [1.807, 2.05) is 43.3 Å². The number of rotatable bonds is 7. The Hall–Kier alpha value is -3.18. The number of carbonyl (C=O) groups excluding carboxylic acids is 1. The highest BCUT2D eigenvalue weighted by Crippen LogP contribution is 2.28. The summed E-state index contributed by atoms with van der Waals surface area (Å²) in [5.74, 6) is -0.669. The fourth-order valence-corrected chi connectivity index (χ4v) is 4.32. The van der Waals surface area contributed by atoms with Crippen molar-refractivity contribution in [1.29, 1.82) is 0 Å². The van der Waals surface area contributed by atoms with Crippen LogP contribution in [0.3, 0.4) is 0 Å². The van der Waals surface area contributed by atoms with Gasteiger partial charge in [0.15, 0.2) is 0 Å². The number of carbonyl (C=O) groups is 1. The van der Waals surface area contributed by atoms with E-state index >= 15 is 0 Å². The Morgan fingerprint density at radius 2 is 1.73 bits per heavy atom. The summed E-state index contributed by atoms with van der Waals surface area (Å²) < 4.78 is 33.9. The molecule has 3 rings (SSSR count). The van der Waals surface area contributed by atoms with Crippen LogP contribution >= 0.6 is 0 Å². The molecule has 0 heterocycles. The van der Waals surface area contributed by atoms with Crippen LogP contribution in [0.15, 0.2) is 89.5 Å². The lowest BCUT2D eigenvalue weighted by molar-refractivity contribution is -0.138. The number of ether oxygens (including phenoxy) is 1. The van der Waals surface area contributed by atoms with Crippen LogP contribution in [0.5, 0.6) is 0 Å². The molecule has 1 N–H and O–H groups in total. The summed E-state index contributed by atoms with van der Waals surface area (Å²) in [5, 5.41) is 1.92. The molecule has 154 valence electrons. The first-order chi connectivity index (χ1) is 14.4. The van der Waals surface area contributed by atoms with Gasteiger partial charge < -0.3 is 4.74 Å². The van der Waals surface area contributed by atoms with Crippen LogP contribution in [0.2, 0.25) is 0 Å². The zero-order chi connectivity index (χ0) is 21.7. The van der Waals surface area contributed by atoms with Gasteiger partial charge in [-0.15, -0.1) is 5.73 Å². The second-order valence-corrected chi connectivity index (χ2v) is 8.50. The van der Waals surface area contributed by atoms with E-state index in [9.17, 15) is 13.2 Å². The average molecular weight is 422 g/mol. The van der Waals surface area contributed by atoms with Crippen LogP contribution in [0.4, 0.5) is 0 Å². The molecule has 1 unspecified atom stereocenters. The van der Waals surface area contributed by atoms with E-state index in [4.69, 9.17) is 4.74 Å². The maximum Gasteiger partial charge on any atom is 0.343 e. The fourth-order valence-electron chi connectivity index (χ4n) is 3.12. The average Bonchev–Trinajstić information content (AvgIpc) is 2.73. The molecule has 5 nitrogen and oxygen atoms in total. The van der Waals surface area contributed by atoms with E-state index in [1.165, 1.54) is 12.1 Å². The largest absolute Gasteiger partial charge is 0.462 e. The quantitative estimate of drug-likeness (QED) is 0.348. The molecule has 0 aliphatic carbocycles. The van der Waals surface area contributed by atoms with Crippen molar-refractivity contribution in [2.75, 3.05) is 6.61 Å². The summed E-state index contributed by atoms with van der Waals surface area (Å²) in [5.41, 5.74) is 4.11. The molecule has 0 aromatic heterocycles. The molecule has 0 fully saturated rings. The zero-order valence-corrected chi connectivity index (χ0v) is 17.7. The van der Waals surface area contributed by atoms with Crippen molar-refractivity contribution in [1.82, 2.24) is 4.72 Å². The van der Waals surface area contributed by atoms with Crippen LogP contribution in [0.1, 0.15) is 24.1 Å². The third-order valence-corrected chi connectivity index (χ3v) is 6.12. The summed E-state index contributed by atoms with van der Waals surface area (Å²) >= 11 is 0. The van der Waals surface area contributed by atoms with Gasteiger partial charge in [0.05, 0.1) is 17.5 Å². The Morgan fingerprint density at radius 1 is 1.07 bits per heavy atom. The molecule has 0 aliphatic heterocycles. The Bertz CT molecular complexity index is 1220. The molecule has 30 heavy (non-hydrogen) atoms. The van der Waals surface area contributed by atoms with Crippen LogP contribution in [-0.4, -0.2) is 21.0 Å². The second kappa shape index (κ2) is 9.09. The predicted octanol–water partition coefficient (Wildman–Crippen LogP) is 4.44. The Kier molecular flexibility index (Phi) is 6.53. The number of fused-ring (bicyclic) bond motifs is 1. The molecule has 0 amide bonds. The van der Waals surface area contributed by atoms with Gasteiger partial charge in [-0.1, -0.05) is 60.7 Å². The number of hydrogen-bond donors (Lipinski definition) is 1. The number of benzene rings is 3. The van der Waals surface area contributed by atoms with Crippen molar-refractivity contribution >= 4 is 26.8 Å². The van der Waals surface area contributed by atoms with Crippen molar-refractivity contribution < 1.29 is 17.9 Å². The topological polar surface area (TPSA) is 72.5 Å². The zero-order valence-electron chi connectivity index (χ0n) is 16.9. The first kappa shape index (κ1) is 21.5. The molecular formula is C24H23NO4S. The van der Waals surface area contributed by atoms with Gasteiger partial charge in [-0.05, 0) is 48.4 Å². The predicted molar refractivity (Wildman–Crippen MR) is 117 cm³/mol. The molecule has 0 spiro atoms. The second-order valence-electron chi connectivity index (χ2n) is 6.78. The summed E-state index contributed by atoms with van der Waals surface area (Å²) in [6, 6.07) is 18.7. The lowest BCUT2D eigenvalue weighted by atomic mass is 9.97. The summed E-state index contributed by atoms with van der Waals surface area (Å²) in [4.78, 5) is 12.6. The van der Waals surface area contributed by atoms with E-state index in [0.717, 1.165) is 16.3 Å². The Morgan fingerprint density at radius 3 is 2.37 bits per heavy atom. The number of esters is 1. The van der Waals surface area contributed by atoms with Gasteiger partial charge in [-0.2, -0.15) is 4.72 Å². The van der Waals surface area contributed by atoms with E-state index in [2.05, 4.69) is 17.0 Å². The van der Waals surface area contributed by atoms with Crippen molar-refractivity contribution in [3.05, 3.63) is 95.7 Å². The van der Waals surface area contributed by atoms with Crippen molar-refractivity contribution in [2.24, 2.45) is 0 Å². The number of aryl methyl sites for hydroxylation is 1. The van der Waals surface area contributed by atoms with E-state index in [1.54, 1.807) is 25.1 Å². The van der Waals surface area contributed by atoms with Crippen LogP contribution < -0.4 is 4.72 Å². The van der Waals surface area contributed by atoms with Crippen LogP contribution in [0, 0.1) is 6.92 Å². The molecule has 0 aliphatic rings. The molecule has 0 saturated heterocycles. The SMILES string of the molecule is C=C=C(C(=O)OCC)C(NS(=O)(=O)c1ccc(C)cc1)c1ccc2ccccc2c1. The van der Waals surface area contributed by atoms with Crippen molar-refractivity contribution in [3.8, 4) is 0 Å². The molecule has 0 saturated carbocycles. The number of sulfonamides is 1. The Balaban J connectivity index is 2.09. The van der Waals surface area contributed by atoms with Crippen molar-refractivity contribution in [2.45, 2.75) is 24.8 Å². The molecule has 3 aromatic rings. The molecule has 0 bridgehead atoms. The lowest BCUT2D eigenvalue weighted by Crippen LogP contribution is -2.32. The summed E-state index contributed by atoms with van der Waals surface area (Å²) in [6.07, 6.45) is 0. The minimum Gasteiger partial charge on any atom is -0.462 e. The lowest BCUT2D eigenvalue weighted by Gasteiger charge is -2.21. The Labute approximate surface area is 176 Å². The van der Waals surface area contributed by atoms with Crippen LogP contribution in [-0.2, 0) is 19.6 Å². The van der Waals surface area contributed by atoms with Gasteiger partial charge in [0, 0.05) is 0 Å². The standard InChI is InChI=1S/C24H23NO4S/c1-4-22(24(26)29-5-2)23(20-13-12-18-8-6-7-9-19(18)16-20)25-30(27,28)21-14-10-17(3)11-15-21/h6-16,23,25H,1,5H2,2-3H3. The highest BCUT2D eigenvalue weighted by atomic mass is 32.2. The number of hydrogen-bond acceptors (Lipinski definition) is 4. The van der Waals surface area contributed by atoms with Gasteiger partial charge in [-0.25, -0.2) is 13.2 Å². The van der Waals surface area contributed by atoms with E-state index < -0.39 is 22.0 Å². The minimum absolute atomic E-state index is 0.00261. The molecule has 1 atom stereocenters. The molecule has 0 radical (unpaired) electrons. The third kappa shape index (κ3) is 4.69. The van der Waals surface area contributed by atoms with Gasteiger partial charge in [0.1, 0.15) is 5.57 Å². The maximum absolute atomic E-state index is 13.1. The minimum atomic E-state index is -3.93. The van der Waals surface area contributed by atoms with Crippen LogP contribution in [0.25, 0.3) is 10.8 Å². The van der Waals surface area contributed by atoms with E-state index in [-0.39, 0.29) is 17.1 Å². The first-order valence-corrected chi connectivity index (χ1v) is 11.0. The van der Waals surface area contributed by atoms with Gasteiger partial charge in [0.25, 0.3) is 0 Å². The molecular weight excluding hydrogens is 398 g/mol. The monoisotopic (exact) mass is 421 g/mol. The fraction of sp³-hybridized carbons (Fsp3) is 0.167. The highest BCUT2D eigenvalue weighted by molar-refractivity contribution is 7.89. The maximum atomic E-state index is 13.1. The summed E-state index contributed by atoms with van der Waals surface area (Å²) in [7, 11) is -3.93. The normalized spacial score (nSPS) is 12.2. The first-order valence-electron chi connectivity index (χ1n) is 9.50. The molecule has 3 aromatic carbocycles. The van der Waals surface area contributed by atoms with Gasteiger partial charge >= 0.3 is 5.97 Å². The molecule has 6 heteroatoms. The smallest absolute Gasteiger partial charge is 0.343 e. The highest BCUT2D eigenvalue weighted by Gasteiger charge is 2.29. The van der Waals surface area contributed by atoms with Gasteiger partial charge in [-0.3, -0.25) is 0 Å². The van der Waals surface area contributed by atoms with Gasteiger partial charge in [0.2, 0.25) is 10.0 Å². The third-order valence-electron chi connectivity index (χ3n) is 4.69. The number of nitrogens with one attached hydrogen (secondary N) is 1. The van der Waals surface area contributed by atoms with E-state index in [0.29, 0.717) is 5.56 Å². The van der Waals surface area contributed by atoms with Crippen molar-refractivity contribution in [3.63, 3.8) is 0 Å².